The van der Waals surface area contributed by atoms with Gasteiger partial charge in [-0.15, -0.1) is 0 Å². The molecular weight excluding hydrogens is 321 g/mol. The molecule has 0 amide bonds. The smallest absolute Gasteiger partial charge is 0.191 e. The van der Waals surface area contributed by atoms with Crippen LogP contribution in [0.3, 0.4) is 0 Å². The Morgan fingerprint density at radius 2 is 2.00 bits per heavy atom. The first-order valence-electron chi connectivity index (χ1n) is 8.09. The van der Waals surface area contributed by atoms with Crippen molar-refractivity contribution in [3.63, 3.8) is 0 Å². The second-order valence-corrected chi connectivity index (χ2v) is 5.68. The van der Waals surface area contributed by atoms with Gasteiger partial charge in [0.15, 0.2) is 5.96 Å². The summed E-state index contributed by atoms with van der Waals surface area (Å²) in [5, 5.41) is 16.3. The van der Waals surface area contributed by atoms with E-state index >= 15 is 0 Å². The topological polar surface area (TPSA) is 65.9 Å². The molecule has 5 nitrogen and oxygen atoms in total. The highest BCUT2D eigenvalue weighted by Crippen LogP contribution is 2.23. The van der Waals surface area contributed by atoms with Crippen molar-refractivity contribution in [2.24, 2.45) is 4.99 Å². The lowest BCUT2D eigenvalue weighted by Gasteiger charge is -2.13. The molecule has 0 spiro atoms. The lowest BCUT2D eigenvalue weighted by Crippen LogP contribution is -2.37. The fraction of sp³-hybridized carbons (Fsp3) is 0.316. The minimum Gasteiger partial charge on any atom is -0.508 e. The summed E-state index contributed by atoms with van der Waals surface area (Å²) in [6, 6.07) is 10.3. The Balaban J connectivity index is 1.83. The largest absolute Gasteiger partial charge is 0.508 e. The van der Waals surface area contributed by atoms with E-state index in [2.05, 4.69) is 15.6 Å². The van der Waals surface area contributed by atoms with Crippen LogP contribution in [0.15, 0.2) is 41.4 Å². The first-order chi connectivity index (χ1) is 12.0. The van der Waals surface area contributed by atoms with Crippen molar-refractivity contribution in [2.45, 2.75) is 19.9 Å². The second kappa shape index (κ2) is 8.92. The molecule has 0 aliphatic carbocycles. The van der Waals surface area contributed by atoms with Crippen LogP contribution in [0.5, 0.6) is 11.5 Å². The van der Waals surface area contributed by atoms with Gasteiger partial charge < -0.3 is 20.5 Å². The number of nitrogens with zero attached hydrogens (tertiary/aromatic N) is 1. The second-order valence-electron chi connectivity index (χ2n) is 5.68. The predicted octanol–water partition coefficient (Wildman–Crippen LogP) is 2.76. The molecule has 0 saturated carbocycles. The number of guanidine groups is 1. The van der Waals surface area contributed by atoms with E-state index in [-0.39, 0.29) is 11.6 Å². The molecule has 25 heavy (non-hydrogen) atoms. The van der Waals surface area contributed by atoms with Crippen LogP contribution in [-0.2, 0) is 13.0 Å². The number of aromatic hydroxyl groups is 1. The molecular formula is C19H24FN3O2. The highest BCUT2D eigenvalue weighted by atomic mass is 19.1. The number of halogens is 1. The molecule has 0 bridgehead atoms. The molecule has 6 heteroatoms. The van der Waals surface area contributed by atoms with Crippen molar-refractivity contribution in [3.8, 4) is 11.5 Å². The van der Waals surface area contributed by atoms with Gasteiger partial charge in [-0.25, -0.2) is 4.39 Å². The van der Waals surface area contributed by atoms with Crippen LogP contribution in [-0.4, -0.2) is 31.8 Å². The summed E-state index contributed by atoms with van der Waals surface area (Å²) in [4.78, 5) is 4.16. The van der Waals surface area contributed by atoms with Gasteiger partial charge in [0.25, 0.3) is 0 Å². The summed E-state index contributed by atoms with van der Waals surface area (Å²) >= 11 is 0. The fourth-order valence-electron chi connectivity index (χ4n) is 2.42. The van der Waals surface area contributed by atoms with E-state index in [1.807, 2.05) is 18.2 Å². The average molecular weight is 345 g/mol. The highest BCUT2D eigenvalue weighted by molar-refractivity contribution is 5.79. The Bertz CT molecular complexity index is 747. The van der Waals surface area contributed by atoms with E-state index in [0.29, 0.717) is 36.8 Å². The van der Waals surface area contributed by atoms with E-state index in [4.69, 9.17) is 4.74 Å². The van der Waals surface area contributed by atoms with Crippen LogP contribution in [0, 0.1) is 12.7 Å². The number of phenolic OH excluding ortho intramolecular Hbond substituents is 1. The molecule has 134 valence electrons. The van der Waals surface area contributed by atoms with Crippen molar-refractivity contribution in [2.75, 3.05) is 20.7 Å². The first kappa shape index (κ1) is 18.6. The van der Waals surface area contributed by atoms with Crippen molar-refractivity contribution >= 4 is 5.96 Å². The number of benzene rings is 2. The predicted molar refractivity (Wildman–Crippen MR) is 97.7 cm³/mol. The van der Waals surface area contributed by atoms with E-state index < -0.39 is 0 Å². The van der Waals surface area contributed by atoms with Gasteiger partial charge in [0.2, 0.25) is 0 Å². The zero-order valence-corrected chi connectivity index (χ0v) is 14.8. The quantitative estimate of drug-likeness (QED) is 0.556. The van der Waals surface area contributed by atoms with Crippen molar-refractivity contribution in [3.05, 3.63) is 58.9 Å². The summed E-state index contributed by atoms with van der Waals surface area (Å²) < 4.78 is 18.4. The van der Waals surface area contributed by atoms with Gasteiger partial charge in [-0.1, -0.05) is 18.2 Å². The molecule has 2 aromatic carbocycles. The van der Waals surface area contributed by atoms with Crippen LogP contribution >= 0.6 is 0 Å². The molecule has 2 aromatic rings. The number of rotatable bonds is 6. The summed E-state index contributed by atoms with van der Waals surface area (Å²) in [6.45, 7) is 2.91. The Kier molecular flexibility index (Phi) is 6.62. The van der Waals surface area contributed by atoms with E-state index in [0.717, 1.165) is 11.1 Å². The van der Waals surface area contributed by atoms with Crippen LogP contribution < -0.4 is 15.4 Å². The summed E-state index contributed by atoms with van der Waals surface area (Å²) in [6.07, 6.45) is 0.645. The number of hydrogen-bond donors (Lipinski definition) is 3. The van der Waals surface area contributed by atoms with Crippen molar-refractivity contribution in [1.82, 2.24) is 10.6 Å². The number of nitrogens with one attached hydrogen (secondary N) is 2. The van der Waals surface area contributed by atoms with Gasteiger partial charge >= 0.3 is 0 Å². The third kappa shape index (κ3) is 5.38. The van der Waals surface area contributed by atoms with Crippen LogP contribution in [0.2, 0.25) is 0 Å². The number of hydrogen-bond acceptors (Lipinski definition) is 3. The highest BCUT2D eigenvalue weighted by Gasteiger charge is 2.05. The SMILES string of the molecule is CN=C(NCCc1ccc(OC)cc1O)NCc1ccc(F)c(C)c1. The Morgan fingerprint density at radius 3 is 2.64 bits per heavy atom. The zero-order chi connectivity index (χ0) is 18.2. The van der Waals surface area contributed by atoms with E-state index in [9.17, 15) is 9.50 Å². The number of phenols is 1. The van der Waals surface area contributed by atoms with Gasteiger partial charge in [0.1, 0.15) is 17.3 Å². The monoisotopic (exact) mass is 345 g/mol. The van der Waals surface area contributed by atoms with E-state index in [1.54, 1.807) is 33.2 Å². The normalized spacial score (nSPS) is 11.3. The fourth-order valence-corrected chi connectivity index (χ4v) is 2.42. The molecule has 0 fully saturated rings. The number of ether oxygens (including phenoxy) is 1. The van der Waals surface area contributed by atoms with Crippen molar-refractivity contribution in [1.29, 1.82) is 0 Å². The third-order valence-electron chi connectivity index (χ3n) is 3.89. The maximum atomic E-state index is 13.3. The molecule has 0 atom stereocenters. The van der Waals surface area contributed by atoms with E-state index in [1.165, 1.54) is 6.07 Å². The summed E-state index contributed by atoms with van der Waals surface area (Å²) in [5.74, 6) is 1.28. The van der Waals surface area contributed by atoms with Gasteiger partial charge in [0, 0.05) is 26.2 Å². The van der Waals surface area contributed by atoms with Gasteiger partial charge in [-0.05, 0) is 42.2 Å². The molecule has 0 saturated heterocycles. The third-order valence-corrected chi connectivity index (χ3v) is 3.89. The minimum absolute atomic E-state index is 0.203. The van der Waals surface area contributed by atoms with Gasteiger partial charge in [-0.3, -0.25) is 4.99 Å². The average Bonchev–Trinajstić information content (AvgIpc) is 2.61. The molecule has 2 rings (SSSR count). The Hall–Kier alpha value is -2.76. The maximum absolute atomic E-state index is 13.3. The standard InChI is InChI=1S/C19H24FN3O2/c1-13-10-14(4-7-17(13)20)12-23-19(21-2)22-9-8-15-5-6-16(25-3)11-18(15)24/h4-7,10-11,24H,8-9,12H2,1-3H3,(H2,21,22,23). The molecule has 0 unspecified atom stereocenters. The summed E-state index contributed by atoms with van der Waals surface area (Å²) in [5.41, 5.74) is 2.43. The molecule has 0 aromatic heterocycles. The van der Waals surface area contributed by atoms with Crippen LogP contribution in [0.1, 0.15) is 16.7 Å². The van der Waals surface area contributed by atoms with Crippen LogP contribution in [0.4, 0.5) is 4.39 Å². The summed E-state index contributed by atoms with van der Waals surface area (Å²) in [7, 11) is 3.25. The molecule has 0 radical (unpaired) electrons. The molecule has 0 heterocycles. The molecule has 3 N–H and O–H groups in total. The Labute approximate surface area is 147 Å². The van der Waals surface area contributed by atoms with Crippen LogP contribution in [0.25, 0.3) is 0 Å². The minimum atomic E-state index is -0.203. The number of aryl methyl sites for hydroxylation is 1. The molecule has 0 aliphatic heterocycles. The van der Waals surface area contributed by atoms with Gasteiger partial charge in [0.05, 0.1) is 7.11 Å². The first-order valence-corrected chi connectivity index (χ1v) is 8.09. The van der Waals surface area contributed by atoms with Crippen molar-refractivity contribution < 1.29 is 14.2 Å². The number of aliphatic imine (C=N–C) groups is 1. The lowest BCUT2D eigenvalue weighted by atomic mass is 10.1. The number of methoxy groups -OCH3 is 1. The zero-order valence-electron chi connectivity index (χ0n) is 14.8. The van der Waals surface area contributed by atoms with Gasteiger partial charge in [-0.2, -0.15) is 0 Å². The Morgan fingerprint density at radius 1 is 1.20 bits per heavy atom. The lowest BCUT2D eigenvalue weighted by molar-refractivity contribution is 0.406. The molecule has 0 aliphatic rings. The maximum Gasteiger partial charge on any atom is 0.191 e.